The maximum atomic E-state index is 12.3. The second-order valence-electron chi connectivity index (χ2n) is 7.56. The van der Waals surface area contributed by atoms with Gasteiger partial charge in [0.1, 0.15) is 5.75 Å². The number of nitrogens with one attached hydrogen (secondary N) is 1. The van der Waals surface area contributed by atoms with Gasteiger partial charge in [0.15, 0.2) is 17.1 Å². The highest BCUT2D eigenvalue weighted by Gasteiger charge is 2.18. The summed E-state index contributed by atoms with van der Waals surface area (Å²) in [6, 6.07) is 12.0. The van der Waals surface area contributed by atoms with Crippen LogP contribution in [0.5, 0.6) is 5.75 Å². The fourth-order valence-corrected chi connectivity index (χ4v) is 3.85. The number of thioether (sulfide) groups is 1. The lowest BCUT2D eigenvalue weighted by molar-refractivity contribution is -0.113. The molecule has 0 aliphatic heterocycles. The van der Waals surface area contributed by atoms with Gasteiger partial charge in [-0.3, -0.25) is 4.79 Å². The standard InChI is InChI=1S/C23H28N4O2S/c1-14-7-10-20(17(4)11-14)29-18(5)22-25-26-23(27(22)6)30-13-21(28)24-19-9-8-15(2)16(3)12-19/h7-12,18H,13H2,1-6H3,(H,24,28). The molecule has 30 heavy (non-hydrogen) atoms. The maximum Gasteiger partial charge on any atom is 0.234 e. The molecule has 0 spiro atoms. The first-order valence-electron chi connectivity index (χ1n) is 9.87. The van der Waals surface area contributed by atoms with E-state index in [1.807, 2.05) is 69.6 Å². The Morgan fingerprint density at radius 3 is 2.53 bits per heavy atom. The van der Waals surface area contributed by atoms with Crippen LogP contribution in [0.25, 0.3) is 0 Å². The van der Waals surface area contributed by atoms with Crippen LogP contribution in [0.1, 0.15) is 41.1 Å². The van der Waals surface area contributed by atoms with Crippen LogP contribution in [0.15, 0.2) is 41.6 Å². The average Bonchev–Trinajstić information content (AvgIpc) is 3.06. The minimum absolute atomic E-state index is 0.0765. The quantitative estimate of drug-likeness (QED) is 0.545. The summed E-state index contributed by atoms with van der Waals surface area (Å²) < 4.78 is 7.97. The van der Waals surface area contributed by atoms with Crippen molar-refractivity contribution in [1.82, 2.24) is 14.8 Å². The molecule has 2 aromatic carbocycles. The Labute approximate surface area is 182 Å². The lowest BCUT2D eigenvalue weighted by Gasteiger charge is -2.16. The third-order valence-corrected chi connectivity index (χ3v) is 6.01. The summed E-state index contributed by atoms with van der Waals surface area (Å²) in [6.07, 6.45) is -0.261. The fourth-order valence-electron chi connectivity index (χ4n) is 3.13. The molecule has 1 aromatic heterocycles. The predicted octanol–water partition coefficient (Wildman–Crippen LogP) is 4.92. The Hall–Kier alpha value is -2.80. The van der Waals surface area contributed by atoms with Crippen molar-refractivity contribution in [1.29, 1.82) is 0 Å². The van der Waals surface area contributed by atoms with Crippen LogP contribution < -0.4 is 10.1 Å². The van der Waals surface area contributed by atoms with Gasteiger partial charge in [0.2, 0.25) is 5.91 Å². The van der Waals surface area contributed by atoms with E-state index in [0.717, 1.165) is 22.6 Å². The number of rotatable bonds is 7. The molecule has 1 N–H and O–H groups in total. The highest BCUT2D eigenvalue weighted by atomic mass is 32.2. The number of aryl methyl sites for hydroxylation is 4. The first kappa shape index (κ1) is 21.9. The van der Waals surface area contributed by atoms with E-state index in [4.69, 9.17) is 4.74 Å². The molecular weight excluding hydrogens is 396 g/mol. The molecule has 0 saturated carbocycles. The van der Waals surface area contributed by atoms with E-state index in [2.05, 4.69) is 28.5 Å². The van der Waals surface area contributed by atoms with E-state index in [9.17, 15) is 4.79 Å². The van der Waals surface area contributed by atoms with Crippen molar-refractivity contribution in [2.45, 2.75) is 45.9 Å². The topological polar surface area (TPSA) is 69.0 Å². The van der Waals surface area contributed by atoms with Crippen LogP contribution in [-0.4, -0.2) is 26.4 Å². The summed E-state index contributed by atoms with van der Waals surface area (Å²) in [7, 11) is 1.89. The Balaban J connectivity index is 1.60. The van der Waals surface area contributed by atoms with E-state index in [-0.39, 0.29) is 17.8 Å². The Morgan fingerprint density at radius 1 is 1.07 bits per heavy atom. The van der Waals surface area contributed by atoms with Gasteiger partial charge < -0.3 is 14.6 Å². The summed E-state index contributed by atoms with van der Waals surface area (Å²) in [5, 5.41) is 12.1. The number of amides is 1. The minimum Gasteiger partial charge on any atom is -0.482 e. The number of hydrogen-bond donors (Lipinski definition) is 1. The molecule has 1 amide bonds. The van der Waals surface area contributed by atoms with Crippen LogP contribution >= 0.6 is 11.8 Å². The molecule has 1 atom stereocenters. The van der Waals surface area contributed by atoms with E-state index < -0.39 is 0 Å². The zero-order valence-electron chi connectivity index (χ0n) is 18.3. The number of hydrogen-bond acceptors (Lipinski definition) is 5. The van der Waals surface area contributed by atoms with E-state index in [1.54, 1.807) is 0 Å². The monoisotopic (exact) mass is 424 g/mol. The Morgan fingerprint density at radius 2 is 1.83 bits per heavy atom. The van der Waals surface area contributed by atoms with Crippen molar-refractivity contribution < 1.29 is 9.53 Å². The first-order valence-corrected chi connectivity index (χ1v) is 10.9. The molecular formula is C23H28N4O2S. The lowest BCUT2D eigenvalue weighted by atomic mass is 10.1. The first-order chi connectivity index (χ1) is 14.2. The molecule has 6 nitrogen and oxygen atoms in total. The van der Waals surface area contributed by atoms with Gasteiger partial charge in [0.25, 0.3) is 0 Å². The zero-order chi connectivity index (χ0) is 21.8. The van der Waals surface area contributed by atoms with Crippen LogP contribution in [0, 0.1) is 27.7 Å². The molecule has 0 aliphatic carbocycles. The van der Waals surface area contributed by atoms with Gasteiger partial charge in [-0.1, -0.05) is 35.5 Å². The predicted molar refractivity (Wildman–Crippen MR) is 121 cm³/mol. The van der Waals surface area contributed by atoms with Crippen molar-refractivity contribution in [3.8, 4) is 5.75 Å². The maximum absolute atomic E-state index is 12.3. The number of carbonyl (C=O) groups is 1. The second kappa shape index (κ2) is 9.34. The lowest BCUT2D eigenvalue weighted by Crippen LogP contribution is -2.15. The molecule has 3 rings (SSSR count). The minimum atomic E-state index is -0.261. The average molecular weight is 425 g/mol. The highest BCUT2D eigenvalue weighted by Crippen LogP contribution is 2.26. The van der Waals surface area contributed by atoms with Crippen LogP contribution in [0.4, 0.5) is 5.69 Å². The molecule has 158 valence electrons. The SMILES string of the molecule is Cc1ccc(OC(C)c2nnc(SCC(=O)Nc3ccc(C)c(C)c3)n2C)c(C)c1. The van der Waals surface area contributed by atoms with Gasteiger partial charge in [-0.25, -0.2) is 0 Å². The number of aromatic nitrogens is 3. The summed E-state index contributed by atoms with van der Waals surface area (Å²) in [5.41, 5.74) is 5.44. The third-order valence-electron chi connectivity index (χ3n) is 4.99. The van der Waals surface area contributed by atoms with Gasteiger partial charge in [0.05, 0.1) is 5.75 Å². The molecule has 0 radical (unpaired) electrons. The summed E-state index contributed by atoms with van der Waals surface area (Å²) in [5.74, 6) is 1.73. The molecule has 1 unspecified atom stereocenters. The number of nitrogens with zero attached hydrogens (tertiary/aromatic N) is 3. The second-order valence-corrected chi connectivity index (χ2v) is 8.51. The largest absolute Gasteiger partial charge is 0.482 e. The van der Waals surface area contributed by atoms with Crippen molar-refractivity contribution in [3.05, 3.63) is 64.5 Å². The number of carbonyl (C=O) groups excluding carboxylic acids is 1. The smallest absolute Gasteiger partial charge is 0.234 e. The van der Waals surface area contributed by atoms with Gasteiger partial charge in [-0.05, 0) is 69.5 Å². The van der Waals surface area contributed by atoms with Gasteiger partial charge in [-0.2, -0.15) is 0 Å². The molecule has 0 fully saturated rings. The number of ether oxygens (including phenoxy) is 1. The third kappa shape index (κ3) is 5.21. The molecule has 7 heteroatoms. The Bertz CT molecular complexity index is 1060. The summed E-state index contributed by atoms with van der Waals surface area (Å²) in [6.45, 7) is 10.1. The molecule has 0 bridgehead atoms. The summed E-state index contributed by atoms with van der Waals surface area (Å²) >= 11 is 1.35. The van der Waals surface area contributed by atoms with Crippen molar-refractivity contribution in [2.75, 3.05) is 11.1 Å². The number of anilines is 1. The van der Waals surface area contributed by atoms with Crippen molar-refractivity contribution in [2.24, 2.45) is 7.05 Å². The van der Waals surface area contributed by atoms with Crippen molar-refractivity contribution in [3.63, 3.8) is 0 Å². The fraction of sp³-hybridized carbons (Fsp3) is 0.348. The van der Waals surface area contributed by atoms with Crippen LogP contribution in [0.2, 0.25) is 0 Å². The highest BCUT2D eigenvalue weighted by molar-refractivity contribution is 7.99. The molecule has 1 heterocycles. The van der Waals surface area contributed by atoms with Gasteiger partial charge >= 0.3 is 0 Å². The van der Waals surface area contributed by atoms with Gasteiger partial charge in [0, 0.05) is 12.7 Å². The van der Waals surface area contributed by atoms with Gasteiger partial charge in [-0.15, -0.1) is 10.2 Å². The van der Waals surface area contributed by atoms with Crippen LogP contribution in [-0.2, 0) is 11.8 Å². The van der Waals surface area contributed by atoms with Crippen LogP contribution in [0.3, 0.4) is 0 Å². The number of benzene rings is 2. The van der Waals surface area contributed by atoms with Crippen molar-refractivity contribution >= 4 is 23.4 Å². The molecule has 0 aliphatic rings. The van der Waals surface area contributed by atoms with E-state index in [0.29, 0.717) is 11.0 Å². The van der Waals surface area contributed by atoms with E-state index in [1.165, 1.54) is 22.9 Å². The van der Waals surface area contributed by atoms with E-state index >= 15 is 0 Å². The Kier molecular flexibility index (Phi) is 6.82. The molecule has 3 aromatic rings. The normalized spacial score (nSPS) is 11.9. The summed E-state index contributed by atoms with van der Waals surface area (Å²) in [4.78, 5) is 12.3. The molecule has 0 saturated heterocycles. The zero-order valence-corrected chi connectivity index (χ0v) is 19.1.